The molecule has 0 aliphatic carbocycles. The second-order valence-electron chi connectivity index (χ2n) is 9.10. The Labute approximate surface area is 229 Å². The maximum Gasteiger partial charge on any atom is 0.309 e. The molecule has 0 radical (unpaired) electrons. The van der Waals surface area contributed by atoms with Gasteiger partial charge in [-0.25, -0.2) is 4.98 Å². The van der Waals surface area contributed by atoms with Gasteiger partial charge in [0.05, 0.1) is 13.0 Å². The van der Waals surface area contributed by atoms with Crippen molar-refractivity contribution < 1.29 is 42.8 Å². The molecule has 10 nitrogen and oxygen atoms in total. The Morgan fingerprint density at radius 2 is 1.74 bits per heavy atom. The largest absolute Gasteiger partial charge is 0.493 e. The van der Waals surface area contributed by atoms with Crippen LogP contribution in [0.1, 0.15) is 57.4 Å². The minimum atomic E-state index is -0.773. The number of aromatic nitrogens is 1. The Balaban J connectivity index is 2.13. The van der Waals surface area contributed by atoms with E-state index in [4.69, 9.17) is 28.4 Å². The third kappa shape index (κ3) is 9.86. The standard InChI is InChI=1S/C29H39NO9/c1-7-22(14-16-34-5)27(39-23-11-9-8-10-12-23)20(3)38-29(33)19(2)17-24(32)26-28(37-18-36-21(4)31)25(35-6)13-15-30-26/h8-13,15,19-20,22,27H,7,14,16-18H2,1-6H3/t19-,20+,22+,27+/m1/s1. The summed E-state index contributed by atoms with van der Waals surface area (Å²) in [4.78, 5) is 41.4. The molecule has 0 unspecified atom stereocenters. The van der Waals surface area contributed by atoms with Crippen LogP contribution in [0.25, 0.3) is 0 Å². The maximum absolute atomic E-state index is 13.1. The lowest BCUT2D eigenvalue weighted by molar-refractivity contribution is -0.159. The highest BCUT2D eigenvalue weighted by atomic mass is 16.7. The number of Topliss-reactive ketones (excluding diaryl/α,β-unsaturated/α-hetero) is 1. The van der Waals surface area contributed by atoms with Crippen LogP contribution in [0.4, 0.5) is 0 Å². The van der Waals surface area contributed by atoms with Crippen LogP contribution < -0.4 is 14.2 Å². The fourth-order valence-electron chi connectivity index (χ4n) is 4.03. The van der Waals surface area contributed by atoms with Gasteiger partial charge in [0.1, 0.15) is 18.0 Å². The SMILES string of the molecule is CC[C@@H](CCOC)[C@@H](Oc1ccccc1)[C@H](C)OC(=O)[C@H](C)CC(=O)c1nccc(OC)c1OCOC(C)=O. The Kier molecular flexibility index (Phi) is 13.2. The summed E-state index contributed by atoms with van der Waals surface area (Å²) in [5.74, 6) is -1.29. The molecule has 0 fully saturated rings. The van der Waals surface area contributed by atoms with Crippen molar-refractivity contribution in [2.75, 3.05) is 27.6 Å². The molecule has 214 valence electrons. The van der Waals surface area contributed by atoms with E-state index in [1.807, 2.05) is 30.3 Å². The quantitative estimate of drug-likeness (QED) is 0.158. The van der Waals surface area contributed by atoms with Gasteiger partial charge in [0, 0.05) is 45.2 Å². The molecule has 0 saturated carbocycles. The molecule has 10 heteroatoms. The molecule has 0 bridgehead atoms. The summed E-state index contributed by atoms with van der Waals surface area (Å²) >= 11 is 0. The summed E-state index contributed by atoms with van der Waals surface area (Å²) in [7, 11) is 3.06. The summed E-state index contributed by atoms with van der Waals surface area (Å²) < 4.78 is 32.9. The molecule has 2 aromatic rings. The Bertz CT molecular complexity index is 1060. The first-order chi connectivity index (χ1) is 18.7. The summed E-state index contributed by atoms with van der Waals surface area (Å²) in [6, 6.07) is 10.9. The number of methoxy groups -OCH3 is 2. The predicted octanol–water partition coefficient (Wildman–Crippen LogP) is 4.64. The minimum Gasteiger partial charge on any atom is -0.493 e. The van der Waals surface area contributed by atoms with Gasteiger partial charge < -0.3 is 28.4 Å². The predicted molar refractivity (Wildman–Crippen MR) is 143 cm³/mol. The van der Waals surface area contributed by atoms with Gasteiger partial charge >= 0.3 is 11.9 Å². The number of carbonyl (C=O) groups excluding carboxylic acids is 3. The van der Waals surface area contributed by atoms with E-state index in [9.17, 15) is 14.4 Å². The lowest BCUT2D eigenvalue weighted by Gasteiger charge is -2.32. The van der Waals surface area contributed by atoms with Crippen molar-refractivity contribution in [3.63, 3.8) is 0 Å². The summed E-state index contributed by atoms with van der Waals surface area (Å²) in [5, 5.41) is 0. The number of para-hydroxylation sites is 1. The number of carbonyl (C=O) groups is 3. The van der Waals surface area contributed by atoms with Gasteiger partial charge in [-0.3, -0.25) is 14.4 Å². The average molecular weight is 546 g/mol. The number of ether oxygens (including phenoxy) is 6. The number of esters is 2. The van der Waals surface area contributed by atoms with E-state index in [1.54, 1.807) is 21.0 Å². The van der Waals surface area contributed by atoms with Crippen molar-refractivity contribution in [2.45, 2.75) is 59.2 Å². The molecule has 1 aromatic heterocycles. The van der Waals surface area contributed by atoms with Crippen molar-refractivity contribution >= 4 is 17.7 Å². The van der Waals surface area contributed by atoms with E-state index in [0.29, 0.717) is 12.4 Å². The number of nitrogens with zero attached hydrogens (tertiary/aromatic N) is 1. The molecule has 2 rings (SSSR count). The molecule has 4 atom stereocenters. The topological polar surface area (TPSA) is 119 Å². The van der Waals surface area contributed by atoms with Crippen LogP contribution in [0.5, 0.6) is 17.2 Å². The van der Waals surface area contributed by atoms with Gasteiger partial charge in [0.25, 0.3) is 0 Å². The van der Waals surface area contributed by atoms with E-state index in [-0.39, 0.29) is 29.5 Å². The normalized spacial score (nSPS) is 13.9. The first-order valence-electron chi connectivity index (χ1n) is 12.9. The highest BCUT2D eigenvalue weighted by Crippen LogP contribution is 2.31. The third-order valence-electron chi connectivity index (χ3n) is 6.17. The number of hydrogen-bond acceptors (Lipinski definition) is 10. The lowest BCUT2D eigenvalue weighted by Crippen LogP contribution is -2.41. The summed E-state index contributed by atoms with van der Waals surface area (Å²) in [5.41, 5.74) is -0.0369. The fourth-order valence-corrected chi connectivity index (χ4v) is 4.03. The molecule has 0 spiro atoms. The van der Waals surface area contributed by atoms with E-state index < -0.39 is 42.6 Å². The van der Waals surface area contributed by atoms with Gasteiger partial charge in [-0.15, -0.1) is 0 Å². The number of ketones is 1. The molecule has 1 aromatic carbocycles. The molecule has 1 heterocycles. The Hall–Kier alpha value is -3.66. The van der Waals surface area contributed by atoms with Crippen LogP contribution in [0.15, 0.2) is 42.6 Å². The van der Waals surface area contributed by atoms with Crippen molar-refractivity contribution in [3.05, 3.63) is 48.3 Å². The molecule has 0 amide bonds. The third-order valence-corrected chi connectivity index (χ3v) is 6.17. The number of pyridine rings is 1. The van der Waals surface area contributed by atoms with Gasteiger partial charge in [-0.1, -0.05) is 32.0 Å². The second kappa shape index (κ2) is 16.3. The number of hydrogen-bond donors (Lipinski definition) is 0. The van der Waals surface area contributed by atoms with E-state index in [2.05, 4.69) is 11.9 Å². The molecular weight excluding hydrogens is 506 g/mol. The fraction of sp³-hybridized carbons (Fsp3) is 0.517. The molecular formula is C29H39NO9. The monoisotopic (exact) mass is 545 g/mol. The van der Waals surface area contributed by atoms with E-state index >= 15 is 0 Å². The van der Waals surface area contributed by atoms with Crippen LogP contribution in [0, 0.1) is 11.8 Å². The van der Waals surface area contributed by atoms with Crippen molar-refractivity contribution in [3.8, 4) is 17.2 Å². The summed E-state index contributed by atoms with van der Waals surface area (Å²) in [6.45, 7) is 6.83. The molecule has 0 aliphatic heterocycles. The molecule has 0 saturated heterocycles. The van der Waals surface area contributed by atoms with Crippen LogP contribution in [0.3, 0.4) is 0 Å². The zero-order valence-corrected chi connectivity index (χ0v) is 23.5. The Morgan fingerprint density at radius 1 is 1.03 bits per heavy atom. The first kappa shape index (κ1) is 31.6. The second-order valence-corrected chi connectivity index (χ2v) is 9.10. The van der Waals surface area contributed by atoms with Crippen molar-refractivity contribution in [1.29, 1.82) is 0 Å². The van der Waals surface area contributed by atoms with Crippen LogP contribution >= 0.6 is 0 Å². The van der Waals surface area contributed by atoms with Crippen molar-refractivity contribution in [2.24, 2.45) is 11.8 Å². The average Bonchev–Trinajstić information content (AvgIpc) is 2.92. The molecule has 0 N–H and O–H groups in total. The number of benzene rings is 1. The highest BCUT2D eigenvalue weighted by molar-refractivity contribution is 5.99. The zero-order chi connectivity index (χ0) is 28.8. The molecule has 39 heavy (non-hydrogen) atoms. The first-order valence-corrected chi connectivity index (χ1v) is 12.9. The van der Waals surface area contributed by atoms with Gasteiger partial charge in [0.15, 0.2) is 23.0 Å². The van der Waals surface area contributed by atoms with Crippen LogP contribution in [0.2, 0.25) is 0 Å². The van der Waals surface area contributed by atoms with Crippen molar-refractivity contribution in [1.82, 2.24) is 4.98 Å². The van der Waals surface area contributed by atoms with Crippen LogP contribution in [-0.4, -0.2) is 62.5 Å². The number of rotatable bonds is 17. The van der Waals surface area contributed by atoms with Gasteiger partial charge in [-0.2, -0.15) is 0 Å². The van der Waals surface area contributed by atoms with Gasteiger partial charge in [-0.05, 0) is 31.9 Å². The minimum absolute atomic E-state index is 0.0282. The van der Waals surface area contributed by atoms with E-state index in [0.717, 1.165) is 12.8 Å². The lowest BCUT2D eigenvalue weighted by atomic mass is 9.92. The molecule has 0 aliphatic rings. The van der Waals surface area contributed by atoms with Gasteiger partial charge in [0.2, 0.25) is 6.79 Å². The van der Waals surface area contributed by atoms with Crippen LogP contribution in [-0.2, 0) is 23.8 Å². The summed E-state index contributed by atoms with van der Waals surface area (Å²) in [6.07, 6.45) is 1.75. The van der Waals surface area contributed by atoms with E-state index in [1.165, 1.54) is 26.3 Å². The Morgan fingerprint density at radius 3 is 2.36 bits per heavy atom. The zero-order valence-electron chi connectivity index (χ0n) is 23.5. The smallest absolute Gasteiger partial charge is 0.309 e. The maximum atomic E-state index is 13.1. The highest BCUT2D eigenvalue weighted by Gasteiger charge is 2.32.